The molecule has 78 valence electrons. The van der Waals surface area contributed by atoms with Gasteiger partial charge in [0, 0.05) is 17.9 Å². The van der Waals surface area contributed by atoms with Crippen molar-refractivity contribution in [1.29, 1.82) is 0 Å². The highest BCUT2D eigenvalue weighted by Crippen LogP contribution is 2.29. The molecule has 0 aliphatic heterocycles. The van der Waals surface area contributed by atoms with Crippen molar-refractivity contribution in [1.82, 2.24) is 15.3 Å². The van der Waals surface area contributed by atoms with Crippen molar-refractivity contribution in [3.8, 4) is 0 Å². The van der Waals surface area contributed by atoms with Gasteiger partial charge >= 0.3 is 0 Å². The van der Waals surface area contributed by atoms with Crippen LogP contribution in [0.1, 0.15) is 31.5 Å². The first kappa shape index (κ1) is 9.68. The largest absolute Gasteiger partial charge is 0.394 e. The molecule has 14 heavy (non-hydrogen) atoms. The third kappa shape index (κ3) is 1.96. The molecule has 4 heteroatoms. The minimum Gasteiger partial charge on any atom is -0.394 e. The van der Waals surface area contributed by atoms with E-state index in [0.29, 0.717) is 6.54 Å². The number of hydrogen-bond donors (Lipinski definition) is 3. The van der Waals surface area contributed by atoms with E-state index in [1.165, 1.54) is 12.8 Å². The molecule has 0 unspecified atom stereocenters. The number of rotatable bonds is 4. The number of nitrogens with one attached hydrogen (secondary N) is 2. The minimum atomic E-state index is -0.0488. The zero-order valence-corrected chi connectivity index (χ0v) is 8.29. The lowest BCUT2D eigenvalue weighted by atomic mass is 9.99. The average molecular weight is 195 g/mol. The number of hydrogen-bond acceptors (Lipinski definition) is 3. The lowest BCUT2D eigenvalue weighted by Gasteiger charge is -2.27. The van der Waals surface area contributed by atoms with Gasteiger partial charge in [-0.05, 0) is 12.8 Å². The number of aliphatic hydroxyl groups excluding tert-OH is 1. The minimum absolute atomic E-state index is 0.0488. The van der Waals surface area contributed by atoms with Crippen molar-refractivity contribution in [2.24, 2.45) is 0 Å². The monoisotopic (exact) mass is 195 g/mol. The summed E-state index contributed by atoms with van der Waals surface area (Å²) in [6.07, 6.45) is 8.14. The van der Waals surface area contributed by atoms with E-state index in [2.05, 4.69) is 15.3 Å². The van der Waals surface area contributed by atoms with E-state index >= 15 is 0 Å². The summed E-state index contributed by atoms with van der Waals surface area (Å²) in [4.78, 5) is 7.19. The Morgan fingerprint density at radius 1 is 1.50 bits per heavy atom. The second kappa shape index (κ2) is 4.11. The molecule has 1 aliphatic carbocycles. The molecule has 0 aromatic carbocycles. The lowest BCUT2D eigenvalue weighted by molar-refractivity contribution is 0.162. The van der Waals surface area contributed by atoms with Gasteiger partial charge in [0.25, 0.3) is 0 Å². The van der Waals surface area contributed by atoms with Crippen LogP contribution in [0.5, 0.6) is 0 Å². The maximum atomic E-state index is 9.35. The zero-order chi connectivity index (χ0) is 9.86. The summed E-state index contributed by atoms with van der Waals surface area (Å²) in [5.74, 6) is 0.935. The van der Waals surface area contributed by atoms with Crippen LogP contribution < -0.4 is 5.32 Å². The molecule has 0 radical (unpaired) electrons. The van der Waals surface area contributed by atoms with Crippen LogP contribution in [0.15, 0.2) is 12.4 Å². The molecular formula is C10H17N3O. The Morgan fingerprint density at radius 2 is 2.29 bits per heavy atom. The second-order valence-corrected chi connectivity index (χ2v) is 4.03. The summed E-state index contributed by atoms with van der Waals surface area (Å²) >= 11 is 0. The molecule has 3 N–H and O–H groups in total. The summed E-state index contributed by atoms with van der Waals surface area (Å²) in [5, 5.41) is 12.8. The van der Waals surface area contributed by atoms with Gasteiger partial charge in [0.05, 0.1) is 13.2 Å². The van der Waals surface area contributed by atoms with E-state index in [4.69, 9.17) is 0 Å². The first-order valence-corrected chi connectivity index (χ1v) is 5.19. The zero-order valence-electron chi connectivity index (χ0n) is 8.29. The molecule has 1 saturated carbocycles. The Bertz CT molecular complexity index is 265. The van der Waals surface area contributed by atoms with Gasteiger partial charge in [-0.25, -0.2) is 4.98 Å². The molecule has 1 aromatic heterocycles. The summed E-state index contributed by atoms with van der Waals surface area (Å²) in [6, 6.07) is 0. The van der Waals surface area contributed by atoms with E-state index in [9.17, 15) is 5.11 Å². The third-order valence-electron chi connectivity index (χ3n) is 3.05. The fraction of sp³-hybridized carbons (Fsp3) is 0.700. The molecule has 1 heterocycles. The Morgan fingerprint density at radius 3 is 2.86 bits per heavy atom. The van der Waals surface area contributed by atoms with Crippen molar-refractivity contribution in [3.05, 3.63) is 18.2 Å². The predicted octanol–water partition coefficient (Wildman–Crippen LogP) is 0.804. The number of aliphatic hydroxyl groups is 1. The molecule has 2 rings (SSSR count). The highest BCUT2D eigenvalue weighted by molar-refractivity contribution is 4.95. The maximum absolute atomic E-state index is 9.35. The van der Waals surface area contributed by atoms with E-state index in [1.54, 1.807) is 6.20 Å². The van der Waals surface area contributed by atoms with Crippen molar-refractivity contribution in [3.63, 3.8) is 0 Å². The van der Waals surface area contributed by atoms with Crippen molar-refractivity contribution < 1.29 is 5.11 Å². The Hall–Kier alpha value is -0.870. The Kier molecular flexibility index (Phi) is 2.84. The van der Waals surface area contributed by atoms with Crippen LogP contribution in [0.25, 0.3) is 0 Å². The van der Waals surface area contributed by atoms with Crippen LogP contribution >= 0.6 is 0 Å². The number of H-pyrrole nitrogens is 1. The number of imidazole rings is 1. The predicted molar refractivity (Wildman–Crippen MR) is 53.7 cm³/mol. The van der Waals surface area contributed by atoms with Gasteiger partial charge in [-0.15, -0.1) is 0 Å². The molecule has 0 atom stereocenters. The van der Waals surface area contributed by atoms with Gasteiger partial charge < -0.3 is 15.4 Å². The molecule has 4 nitrogen and oxygen atoms in total. The first-order valence-electron chi connectivity index (χ1n) is 5.19. The number of nitrogens with zero attached hydrogens (tertiary/aromatic N) is 1. The fourth-order valence-electron chi connectivity index (χ4n) is 2.11. The van der Waals surface area contributed by atoms with Crippen LogP contribution in [0.3, 0.4) is 0 Å². The number of aromatic nitrogens is 2. The molecule has 1 aliphatic rings. The molecule has 0 bridgehead atoms. The fourth-order valence-corrected chi connectivity index (χ4v) is 2.11. The Balaban J connectivity index is 1.89. The standard InChI is InChI=1S/C10H17N3O/c14-8-10(3-1-2-4-10)13-7-9-11-5-6-12-9/h5-6,13-14H,1-4,7-8H2,(H,11,12). The van der Waals surface area contributed by atoms with Gasteiger partial charge in [0.15, 0.2) is 0 Å². The van der Waals surface area contributed by atoms with Crippen LogP contribution in [-0.2, 0) is 6.54 Å². The molecule has 1 aromatic rings. The van der Waals surface area contributed by atoms with Gasteiger partial charge in [0.1, 0.15) is 5.82 Å². The quantitative estimate of drug-likeness (QED) is 0.666. The molecule has 0 spiro atoms. The van der Waals surface area contributed by atoms with Crippen LogP contribution in [0, 0.1) is 0 Å². The summed E-state index contributed by atoms with van der Waals surface area (Å²) in [5.41, 5.74) is -0.0488. The van der Waals surface area contributed by atoms with Gasteiger partial charge in [0.2, 0.25) is 0 Å². The number of aromatic amines is 1. The second-order valence-electron chi connectivity index (χ2n) is 4.03. The van der Waals surface area contributed by atoms with Crippen LogP contribution in [0.4, 0.5) is 0 Å². The smallest absolute Gasteiger partial charge is 0.120 e. The van der Waals surface area contributed by atoms with Crippen molar-refractivity contribution in [2.45, 2.75) is 37.8 Å². The topological polar surface area (TPSA) is 60.9 Å². The van der Waals surface area contributed by atoms with Crippen LogP contribution in [-0.4, -0.2) is 27.2 Å². The maximum Gasteiger partial charge on any atom is 0.120 e. The SMILES string of the molecule is OCC1(NCc2ncc[nH]2)CCCC1. The summed E-state index contributed by atoms with van der Waals surface area (Å²) in [7, 11) is 0. The first-order chi connectivity index (χ1) is 6.85. The third-order valence-corrected chi connectivity index (χ3v) is 3.05. The lowest BCUT2D eigenvalue weighted by Crippen LogP contribution is -2.45. The Labute approximate surface area is 83.8 Å². The van der Waals surface area contributed by atoms with Crippen molar-refractivity contribution >= 4 is 0 Å². The van der Waals surface area contributed by atoms with Gasteiger partial charge in [-0.2, -0.15) is 0 Å². The van der Waals surface area contributed by atoms with E-state index in [-0.39, 0.29) is 12.1 Å². The van der Waals surface area contributed by atoms with Gasteiger partial charge in [-0.1, -0.05) is 12.8 Å². The van der Waals surface area contributed by atoms with Gasteiger partial charge in [-0.3, -0.25) is 0 Å². The summed E-state index contributed by atoms with van der Waals surface area (Å²) in [6.45, 7) is 0.946. The molecule has 0 saturated heterocycles. The normalized spacial score (nSPS) is 20.1. The van der Waals surface area contributed by atoms with E-state index < -0.39 is 0 Å². The summed E-state index contributed by atoms with van der Waals surface area (Å²) < 4.78 is 0. The molecule has 1 fully saturated rings. The van der Waals surface area contributed by atoms with E-state index in [1.807, 2.05) is 6.20 Å². The highest BCUT2D eigenvalue weighted by Gasteiger charge is 2.32. The van der Waals surface area contributed by atoms with Crippen LogP contribution in [0.2, 0.25) is 0 Å². The average Bonchev–Trinajstić information content (AvgIpc) is 2.87. The molecule has 0 amide bonds. The van der Waals surface area contributed by atoms with E-state index in [0.717, 1.165) is 18.7 Å². The highest BCUT2D eigenvalue weighted by atomic mass is 16.3. The molecular weight excluding hydrogens is 178 g/mol. The van der Waals surface area contributed by atoms with Crippen molar-refractivity contribution in [2.75, 3.05) is 6.61 Å².